The number of hydrogen-bond donors (Lipinski definition) is 1. The molecular formula is C17H19NO2. The maximum atomic E-state index is 12.3. The monoisotopic (exact) mass is 269 g/mol. The number of carbonyl (C=O) groups excluding carboxylic acids is 1. The van der Waals surface area contributed by atoms with Crippen LogP contribution in [0.1, 0.15) is 28.4 Å². The van der Waals surface area contributed by atoms with Crippen molar-refractivity contribution in [1.82, 2.24) is 5.32 Å². The highest BCUT2D eigenvalue weighted by molar-refractivity contribution is 5.96. The number of Topliss-reactive ketones (excluding diaryl/α,β-unsaturated/α-hetero) is 1. The molecule has 0 aliphatic carbocycles. The predicted molar refractivity (Wildman–Crippen MR) is 80.2 cm³/mol. The number of carbonyl (C=O) groups is 1. The first-order chi connectivity index (χ1) is 9.74. The maximum Gasteiger partial charge on any atom is 0.164 e. The van der Waals surface area contributed by atoms with Gasteiger partial charge in [-0.15, -0.1) is 0 Å². The van der Waals surface area contributed by atoms with E-state index in [2.05, 4.69) is 5.32 Å². The molecule has 1 unspecified atom stereocenters. The van der Waals surface area contributed by atoms with E-state index >= 15 is 0 Å². The van der Waals surface area contributed by atoms with Crippen molar-refractivity contribution in [2.24, 2.45) is 0 Å². The van der Waals surface area contributed by atoms with Gasteiger partial charge in [-0.2, -0.15) is 0 Å². The molecule has 0 saturated carbocycles. The quantitative estimate of drug-likeness (QED) is 0.818. The van der Waals surface area contributed by atoms with Gasteiger partial charge in [0.1, 0.15) is 5.75 Å². The Morgan fingerprint density at radius 3 is 2.30 bits per heavy atom. The molecule has 2 rings (SSSR count). The molecule has 0 saturated heterocycles. The second kappa shape index (κ2) is 6.87. The Kier molecular flexibility index (Phi) is 4.91. The summed E-state index contributed by atoms with van der Waals surface area (Å²) in [6, 6.07) is 17.3. The van der Waals surface area contributed by atoms with Crippen LogP contribution in [0.15, 0.2) is 54.6 Å². The average Bonchev–Trinajstić information content (AvgIpc) is 2.53. The Morgan fingerprint density at radius 2 is 1.75 bits per heavy atom. The van der Waals surface area contributed by atoms with Crippen LogP contribution in [0, 0.1) is 0 Å². The number of ether oxygens (including phenoxy) is 1. The van der Waals surface area contributed by atoms with Crippen molar-refractivity contribution in [1.29, 1.82) is 0 Å². The van der Waals surface area contributed by atoms with Gasteiger partial charge in [0, 0.05) is 18.0 Å². The number of benzene rings is 2. The highest BCUT2D eigenvalue weighted by Gasteiger charge is 2.15. The molecule has 3 heteroatoms. The van der Waals surface area contributed by atoms with E-state index in [1.165, 1.54) is 0 Å². The molecule has 0 heterocycles. The van der Waals surface area contributed by atoms with Crippen LogP contribution in [0.2, 0.25) is 0 Å². The lowest BCUT2D eigenvalue weighted by Crippen LogP contribution is -2.20. The minimum atomic E-state index is 0.0331. The summed E-state index contributed by atoms with van der Waals surface area (Å²) in [5.74, 6) is 0.880. The number of nitrogens with one attached hydrogen (secondary N) is 1. The molecule has 2 aromatic rings. The first-order valence-corrected chi connectivity index (χ1v) is 6.64. The molecule has 0 bridgehead atoms. The van der Waals surface area contributed by atoms with Crippen LogP contribution < -0.4 is 10.1 Å². The average molecular weight is 269 g/mol. The zero-order valence-electron chi connectivity index (χ0n) is 11.8. The fraction of sp³-hybridized carbons (Fsp3) is 0.235. The normalized spacial score (nSPS) is 11.9. The van der Waals surface area contributed by atoms with E-state index in [0.717, 1.165) is 11.3 Å². The summed E-state index contributed by atoms with van der Waals surface area (Å²) in [4.78, 5) is 12.3. The van der Waals surface area contributed by atoms with E-state index in [1.54, 1.807) is 19.2 Å². The maximum absolute atomic E-state index is 12.3. The van der Waals surface area contributed by atoms with Crippen molar-refractivity contribution in [2.45, 2.75) is 12.5 Å². The highest BCUT2D eigenvalue weighted by Crippen LogP contribution is 2.20. The fourth-order valence-electron chi connectivity index (χ4n) is 2.15. The lowest BCUT2D eigenvalue weighted by molar-refractivity contribution is 0.0970. The van der Waals surface area contributed by atoms with Gasteiger partial charge in [-0.25, -0.2) is 0 Å². The van der Waals surface area contributed by atoms with E-state index in [4.69, 9.17) is 4.74 Å². The Bertz CT molecular complexity index is 549. The van der Waals surface area contributed by atoms with Gasteiger partial charge in [-0.05, 0) is 36.9 Å². The van der Waals surface area contributed by atoms with Gasteiger partial charge < -0.3 is 10.1 Å². The Balaban J connectivity index is 2.09. The van der Waals surface area contributed by atoms with Crippen LogP contribution in [-0.4, -0.2) is 19.9 Å². The zero-order valence-corrected chi connectivity index (χ0v) is 11.8. The van der Waals surface area contributed by atoms with Gasteiger partial charge in [0.15, 0.2) is 5.78 Å². The van der Waals surface area contributed by atoms with Crippen molar-refractivity contribution in [2.75, 3.05) is 14.2 Å². The van der Waals surface area contributed by atoms with Crippen LogP contribution >= 0.6 is 0 Å². The zero-order chi connectivity index (χ0) is 14.4. The van der Waals surface area contributed by atoms with Crippen molar-refractivity contribution in [3.63, 3.8) is 0 Å². The Morgan fingerprint density at radius 1 is 1.10 bits per heavy atom. The number of methoxy groups -OCH3 is 1. The van der Waals surface area contributed by atoms with Gasteiger partial charge in [0.05, 0.1) is 7.11 Å². The molecular weight excluding hydrogens is 250 g/mol. The molecule has 0 spiro atoms. The van der Waals surface area contributed by atoms with Gasteiger partial charge in [0.25, 0.3) is 0 Å². The summed E-state index contributed by atoms with van der Waals surface area (Å²) in [6.45, 7) is 0. The number of rotatable bonds is 6. The van der Waals surface area contributed by atoms with Crippen LogP contribution in [0.25, 0.3) is 0 Å². The second-order valence-electron chi connectivity index (χ2n) is 4.61. The van der Waals surface area contributed by atoms with Gasteiger partial charge in [0.2, 0.25) is 0 Å². The van der Waals surface area contributed by atoms with Crippen molar-refractivity contribution >= 4 is 5.78 Å². The van der Waals surface area contributed by atoms with Crippen LogP contribution in [-0.2, 0) is 0 Å². The fourth-order valence-corrected chi connectivity index (χ4v) is 2.15. The van der Waals surface area contributed by atoms with E-state index in [9.17, 15) is 4.79 Å². The van der Waals surface area contributed by atoms with E-state index < -0.39 is 0 Å². The molecule has 2 aromatic carbocycles. The van der Waals surface area contributed by atoms with Crippen molar-refractivity contribution in [3.8, 4) is 5.75 Å². The van der Waals surface area contributed by atoms with E-state index in [-0.39, 0.29) is 11.8 Å². The Hall–Kier alpha value is -2.13. The third-order valence-electron chi connectivity index (χ3n) is 3.35. The first kappa shape index (κ1) is 14.3. The molecule has 0 fully saturated rings. The van der Waals surface area contributed by atoms with E-state index in [0.29, 0.717) is 12.0 Å². The van der Waals surface area contributed by atoms with Gasteiger partial charge in [-0.3, -0.25) is 4.79 Å². The first-order valence-electron chi connectivity index (χ1n) is 6.64. The topological polar surface area (TPSA) is 38.3 Å². The molecule has 0 amide bonds. The predicted octanol–water partition coefficient (Wildman–Crippen LogP) is 3.23. The van der Waals surface area contributed by atoms with E-state index in [1.807, 2.05) is 49.5 Å². The van der Waals surface area contributed by atoms with Crippen molar-refractivity contribution < 1.29 is 9.53 Å². The van der Waals surface area contributed by atoms with Gasteiger partial charge >= 0.3 is 0 Å². The third-order valence-corrected chi connectivity index (χ3v) is 3.35. The molecule has 20 heavy (non-hydrogen) atoms. The van der Waals surface area contributed by atoms with Crippen LogP contribution in [0.4, 0.5) is 0 Å². The molecule has 1 atom stereocenters. The highest BCUT2D eigenvalue weighted by atomic mass is 16.5. The summed E-state index contributed by atoms with van der Waals surface area (Å²) < 4.78 is 5.10. The molecule has 3 nitrogen and oxygen atoms in total. The smallest absolute Gasteiger partial charge is 0.164 e. The van der Waals surface area contributed by atoms with Crippen LogP contribution in [0.5, 0.6) is 5.75 Å². The SMILES string of the molecule is CNC(CC(=O)c1ccc(OC)cc1)c1ccccc1. The molecule has 0 aliphatic heterocycles. The largest absolute Gasteiger partial charge is 0.497 e. The Labute approximate surface area is 119 Å². The summed E-state index contributed by atoms with van der Waals surface area (Å²) in [6.07, 6.45) is 0.437. The lowest BCUT2D eigenvalue weighted by atomic mass is 9.98. The lowest BCUT2D eigenvalue weighted by Gasteiger charge is -2.15. The minimum Gasteiger partial charge on any atom is -0.497 e. The summed E-state index contributed by atoms with van der Waals surface area (Å²) in [5, 5.41) is 3.20. The van der Waals surface area contributed by atoms with Gasteiger partial charge in [-0.1, -0.05) is 30.3 Å². The molecule has 1 N–H and O–H groups in total. The van der Waals surface area contributed by atoms with Crippen LogP contribution in [0.3, 0.4) is 0 Å². The molecule has 0 aliphatic rings. The molecule has 104 valence electrons. The summed E-state index contributed by atoms with van der Waals surface area (Å²) in [5.41, 5.74) is 1.83. The molecule has 0 radical (unpaired) electrons. The number of ketones is 1. The molecule has 0 aromatic heterocycles. The minimum absolute atomic E-state index is 0.0331. The third kappa shape index (κ3) is 3.45. The standard InChI is InChI=1S/C17H19NO2/c1-18-16(13-6-4-3-5-7-13)12-17(19)14-8-10-15(20-2)11-9-14/h3-11,16,18H,12H2,1-2H3. The number of hydrogen-bond acceptors (Lipinski definition) is 3. The second-order valence-corrected chi connectivity index (χ2v) is 4.61. The summed E-state index contributed by atoms with van der Waals surface area (Å²) in [7, 11) is 3.49. The van der Waals surface area contributed by atoms with Crippen molar-refractivity contribution in [3.05, 3.63) is 65.7 Å². The summed E-state index contributed by atoms with van der Waals surface area (Å²) >= 11 is 0.